The van der Waals surface area contributed by atoms with Gasteiger partial charge in [-0.15, -0.1) is 0 Å². The normalized spacial score (nSPS) is 15.3. The van der Waals surface area contributed by atoms with Crippen LogP contribution in [-0.4, -0.2) is 62.5 Å². The molecule has 32 heavy (non-hydrogen) atoms. The number of nitrogens with zero attached hydrogens (tertiary/aromatic N) is 5. The smallest absolute Gasteiger partial charge is 0.324 e. The fourth-order valence-electron chi connectivity index (χ4n) is 3.71. The van der Waals surface area contributed by atoms with Crippen LogP contribution < -0.4 is 10.6 Å². The number of nitrogens with one attached hydrogen (secondary N) is 2. The fourth-order valence-corrected chi connectivity index (χ4v) is 3.71. The van der Waals surface area contributed by atoms with Crippen molar-refractivity contribution in [1.82, 2.24) is 30.0 Å². The lowest BCUT2D eigenvalue weighted by atomic mass is 10.1. The molecule has 0 aromatic carbocycles. The number of carbonyl (C=O) groups excluding carboxylic acids is 1. The van der Waals surface area contributed by atoms with Gasteiger partial charge < -0.3 is 10.2 Å². The van der Waals surface area contributed by atoms with Gasteiger partial charge in [-0.3, -0.25) is 15.0 Å². The van der Waals surface area contributed by atoms with Crippen LogP contribution in [0.5, 0.6) is 0 Å². The third kappa shape index (κ3) is 5.52. The average Bonchev–Trinajstić information content (AvgIpc) is 3.19. The quantitative estimate of drug-likeness (QED) is 0.624. The molecule has 2 amide bonds. The van der Waals surface area contributed by atoms with Crippen molar-refractivity contribution in [2.75, 3.05) is 25.0 Å². The Labute approximate surface area is 182 Å². The number of hydrogen-bond acceptors (Lipinski definition) is 5. The highest BCUT2D eigenvalue weighted by Crippen LogP contribution is 2.23. The second-order valence-corrected chi connectivity index (χ2v) is 7.90. The summed E-state index contributed by atoms with van der Waals surface area (Å²) in [6.07, 6.45) is 3.20. The molecule has 0 aliphatic carbocycles. The van der Waals surface area contributed by atoms with Crippen LogP contribution in [0.3, 0.4) is 0 Å². The monoisotopic (exact) mass is 447 g/mol. The molecule has 0 atom stereocenters. The predicted molar refractivity (Wildman–Crippen MR) is 114 cm³/mol. The minimum atomic E-state index is -4.16. The SMILES string of the molecule is Cn1cc(-c2cc3cc(NC(=O)N4CCC(NCCC(F)(F)F)CC4)ncc3cn2)cn1. The van der Waals surface area contributed by atoms with Crippen molar-refractivity contribution in [3.63, 3.8) is 0 Å². The van der Waals surface area contributed by atoms with Gasteiger partial charge in [-0.1, -0.05) is 0 Å². The molecule has 0 bridgehead atoms. The molecule has 0 unspecified atom stereocenters. The number of alkyl halides is 3. The van der Waals surface area contributed by atoms with Crippen molar-refractivity contribution in [1.29, 1.82) is 0 Å². The van der Waals surface area contributed by atoms with Gasteiger partial charge in [0.05, 0.1) is 18.3 Å². The lowest BCUT2D eigenvalue weighted by molar-refractivity contribution is -0.133. The maximum absolute atomic E-state index is 12.6. The molecule has 2 N–H and O–H groups in total. The third-order valence-electron chi connectivity index (χ3n) is 5.46. The molecule has 0 radical (unpaired) electrons. The molecule has 1 aliphatic heterocycles. The van der Waals surface area contributed by atoms with Gasteiger partial charge >= 0.3 is 12.2 Å². The summed E-state index contributed by atoms with van der Waals surface area (Å²) >= 11 is 0. The topological polar surface area (TPSA) is 88.0 Å². The Morgan fingerprint density at radius 1 is 1.12 bits per heavy atom. The van der Waals surface area contributed by atoms with E-state index in [9.17, 15) is 18.0 Å². The van der Waals surface area contributed by atoms with Gasteiger partial charge in [0.2, 0.25) is 0 Å². The van der Waals surface area contributed by atoms with Crippen LogP contribution in [0.2, 0.25) is 0 Å². The minimum absolute atomic E-state index is 0.0152. The van der Waals surface area contributed by atoms with Gasteiger partial charge in [-0.2, -0.15) is 18.3 Å². The number of piperidine rings is 1. The van der Waals surface area contributed by atoms with Crippen molar-refractivity contribution in [3.05, 3.63) is 36.9 Å². The Morgan fingerprint density at radius 3 is 2.56 bits per heavy atom. The van der Waals surface area contributed by atoms with Crippen molar-refractivity contribution >= 4 is 22.6 Å². The summed E-state index contributed by atoms with van der Waals surface area (Å²) in [6, 6.07) is 3.42. The van der Waals surface area contributed by atoms with Gasteiger partial charge in [-0.05, 0) is 30.4 Å². The Balaban J connectivity index is 1.34. The van der Waals surface area contributed by atoms with Crippen LogP contribution in [0.15, 0.2) is 36.9 Å². The van der Waals surface area contributed by atoms with E-state index in [4.69, 9.17) is 0 Å². The Hall–Kier alpha value is -3.21. The molecule has 0 saturated carbocycles. The highest BCUT2D eigenvalue weighted by Gasteiger charge is 2.28. The van der Waals surface area contributed by atoms with Gasteiger partial charge in [0.25, 0.3) is 0 Å². The van der Waals surface area contributed by atoms with Crippen LogP contribution in [0, 0.1) is 0 Å². The van der Waals surface area contributed by atoms with E-state index in [1.807, 2.05) is 19.3 Å². The van der Waals surface area contributed by atoms with Gasteiger partial charge in [0.1, 0.15) is 5.82 Å². The lowest BCUT2D eigenvalue weighted by Gasteiger charge is -2.32. The number of aromatic nitrogens is 4. The zero-order valence-electron chi connectivity index (χ0n) is 17.6. The number of amides is 2. The number of carbonyl (C=O) groups is 1. The van der Waals surface area contributed by atoms with E-state index in [1.165, 1.54) is 0 Å². The number of rotatable bonds is 5. The van der Waals surface area contributed by atoms with E-state index >= 15 is 0 Å². The molecular weight excluding hydrogens is 423 g/mol. The molecule has 3 aromatic heterocycles. The summed E-state index contributed by atoms with van der Waals surface area (Å²) in [6.45, 7) is 0.841. The van der Waals surface area contributed by atoms with E-state index in [-0.39, 0.29) is 18.6 Å². The molecule has 3 aromatic rings. The second-order valence-electron chi connectivity index (χ2n) is 7.90. The van der Waals surface area contributed by atoms with Crippen molar-refractivity contribution in [2.45, 2.75) is 31.5 Å². The predicted octanol–water partition coefficient (Wildman–Crippen LogP) is 3.57. The first-order chi connectivity index (χ1) is 15.3. The summed E-state index contributed by atoms with van der Waals surface area (Å²) in [4.78, 5) is 23.0. The maximum atomic E-state index is 12.6. The first-order valence-corrected chi connectivity index (χ1v) is 10.4. The Bertz CT molecular complexity index is 1090. The van der Waals surface area contributed by atoms with Crippen molar-refractivity contribution < 1.29 is 18.0 Å². The van der Waals surface area contributed by atoms with Crippen molar-refractivity contribution in [2.24, 2.45) is 7.05 Å². The van der Waals surface area contributed by atoms with E-state index < -0.39 is 12.6 Å². The van der Waals surface area contributed by atoms with E-state index in [2.05, 4.69) is 25.7 Å². The molecule has 1 fully saturated rings. The van der Waals surface area contributed by atoms with Crippen molar-refractivity contribution in [3.8, 4) is 11.3 Å². The number of aryl methyl sites for hydroxylation is 1. The summed E-state index contributed by atoms with van der Waals surface area (Å²) in [5.74, 6) is 0.427. The molecule has 11 heteroatoms. The van der Waals surface area contributed by atoms with Crippen LogP contribution in [0.1, 0.15) is 19.3 Å². The molecule has 1 saturated heterocycles. The number of halogens is 3. The number of fused-ring (bicyclic) bond motifs is 1. The number of pyridine rings is 2. The third-order valence-corrected chi connectivity index (χ3v) is 5.46. The summed E-state index contributed by atoms with van der Waals surface area (Å²) in [5.41, 5.74) is 1.66. The van der Waals surface area contributed by atoms with Gasteiger partial charge in [-0.25, -0.2) is 9.78 Å². The zero-order valence-corrected chi connectivity index (χ0v) is 17.6. The number of anilines is 1. The summed E-state index contributed by atoms with van der Waals surface area (Å²) in [7, 11) is 1.84. The first-order valence-electron chi connectivity index (χ1n) is 10.4. The molecule has 1 aliphatic rings. The highest BCUT2D eigenvalue weighted by atomic mass is 19.4. The fraction of sp³-hybridized carbons (Fsp3) is 0.429. The molecule has 4 rings (SSSR count). The number of hydrogen-bond donors (Lipinski definition) is 2. The first kappa shape index (κ1) is 22.0. The average molecular weight is 447 g/mol. The standard InChI is InChI=1S/C21H24F3N7O/c1-30-13-16(12-28-30)18-8-14-9-19(27-11-15(14)10-26-18)29-20(32)31-6-2-17(3-7-31)25-5-4-21(22,23)24/h8-13,17,25H,2-7H2,1H3,(H,27,29,32). The van der Waals surface area contributed by atoms with Gasteiger partial charge in [0.15, 0.2) is 0 Å². The summed E-state index contributed by atoms with van der Waals surface area (Å²) < 4.78 is 38.5. The maximum Gasteiger partial charge on any atom is 0.390 e. The van der Waals surface area contributed by atoms with Crippen LogP contribution >= 0.6 is 0 Å². The van der Waals surface area contributed by atoms with E-state index in [1.54, 1.807) is 34.2 Å². The Morgan fingerprint density at radius 2 is 1.88 bits per heavy atom. The van der Waals surface area contributed by atoms with Crippen LogP contribution in [0.25, 0.3) is 22.0 Å². The number of likely N-dealkylation sites (tertiary alicyclic amines) is 1. The highest BCUT2D eigenvalue weighted by molar-refractivity contribution is 5.92. The van der Waals surface area contributed by atoms with E-state index in [0.29, 0.717) is 31.7 Å². The molecule has 0 spiro atoms. The molecule has 4 heterocycles. The second kappa shape index (κ2) is 9.11. The largest absolute Gasteiger partial charge is 0.390 e. The summed E-state index contributed by atoms with van der Waals surface area (Å²) in [5, 5.41) is 11.6. The molecule has 170 valence electrons. The molecular formula is C21H24F3N7O. The lowest BCUT2D eigenvalue weighted by Crippen LogP contribution is -2.46. The Kier molecular flexibility index (Phi) is 6.26. The zero-order chi connectivity index (χ0) is 22.7. The van der Waals surface area contributed by atoms with Crippen LogP contribution in [0.4, 0.5) is 23.8 Å². The molecule has 8 nitrogen and oxygen atoms in total. The minimum Gasteiger partial charge on any atom is -0.324 e. The van der Waals surface area contributed by atoms with E-state index in [0.717, 1.165) is 22.0 Å². The van der Waals surface area contributed by atoms with Crippen LogP contribution in [-0.2, 0) is 7.05 Å². The van der Waals surface area contributed by atoms with Gasteiger partial charge in [0, 0.05) is 62.3 Å². The number of urea groups is 1.